The first-order chi connectivity index (χ1) is 9.05. The van der Waals surface area contributed by atoms with Crippen LogP contribution in [0.5, 0.6) is 0 Å². The topological polar surface area (TPSA) is 85.1 Å². The maximum absolute atomic E-state index is 11.4. The first kappa shape index (κ1) is 13.1. The van der Waals surface area contributed by atoms with Gasteiger partial charge in [-0.2, -0.15) is 5.10 Å². The SMILES string of the molecule is O=S1(=O)CCC(Cc2nc3n(n2)CCC(CO)C3)C1. The van der Waals surface area contributed by atoms with Crippen molar-refractivity contribution in [2.45, 2.75) is 32.2 Å². The molecule has 3 rings (SSSR count). The lowest BCUT2D eigenvalue weighted by Crippen LogP contribution is -2.22. The minimum atomic E-state index is -2.83. The van der Waals surface area contributed by atoms with Crippen LogP contribution in [-0.4, -0.2) is 46.4 Å². The van der Waals surface area contributed by atoms with Crippen molar-refractivity contribution >= 4 is 9.84 Å². The van der Waals surface area contributed by atoms with Gasteiger partial charge in [-0.05, 0) is 24.7 Å². The Balaban J connectivity index is 1.69. The molecule has 7 heteroatoms. The van der Waals surface area contributed by atoms with Crippen LogP contribution in [0, 0.1) is 11.8 Å². The molecule has 2 aliphatic rings. The molecule has 3 heterocycles. The Morgan fingerprint density at radius 2 is 2.16 bits per heavy atom. The highest BCUT2D eigenvalue weighted by Crippen LogP contribution is 2.23. The van der Waals surface area contributed by atoms with Gasteiger partial charge in [0.25, 0.3) is 0 Å². The minimum Gasteiger partial charge on any atom is -0.396 e. The minimum absolute atomic E-state index is 0.170. The lowest BCUT2D eigenvalue weighted by atomic mass is 9.99. The number of rotatable bonds is 3. The molecular weight excluding hydrogens is 266 g/mol. The summed E-state index contributed by atoms with van der Waals surface area (Å²) in [5.41, 5.74) is 0. The molecule has 0 amide bonds. The highest BCUT2D eigenvalue weighted by Gasteiger charge is 2.29. The van der Waals surface area contributed by atoms with Crippen LogP contribution in [0.15, 0.2) is 0 Å². The van der Waals surface area contributed by atoms with Crippen molar-refractivity contribution in [1.82, 2.24) is 14.8 Å². The van der Waals surface area contributed by atoms with E-state index in [1.165, 1.54) is 0 Å². The van der Waals surface area contributed by atoms with E-state index in [0.717, 1.165) is 37.5 Å². The van der Waals surface area contributed by atoms with Crippen LogP contribution in [0.4, 0.5) is 0 Å². The fourth-order valence-electron chi connectivity index (χ4n) is 2.95. The Morgan fingerprint density at radius 3 is 2.84 bits per heavy atom. The smallest absolute Gasteiger partial charge is 0.151 e. The second-order valence-corrected chi connectivity index (χ2v) is 7.91. The van der Waals surface area contributed by atoms with Gasteiger partial charge in [0.2, 0.25) is 0 Å². The summed E-state index contributed by atoms with van der Waals surface area (Å²) in [4.78, 5) is 4.51. The van der Waals surface area contributed by atoms with E-state index < -0.39 is 9.84 Å². The molecule has 2 unspecified atom stereocenters. The summed E-state index contributed by atoms with van der Waals surface area (Å²) in [6.45, 7) is 1.000. The quantitative estimate of drug-likeness (QED) is 0.832. The Bertz CT molecular complexity index is 567. The van der Waals surface area contributed by atoms with Gasteiger partial charge in [-0.15, -0.1) is 0 Å². The third kappa shape index (κ3) is 2.81. The number of aliphatic hydroxyl groups is 1. The van der Waals surface area contributed by atoms with Crippen molar-refractivity contribution in [2.75, 3.05) is 18.1 Å². The lowest BCUT2D eigenvalue weighted by Gasteiger charge is -2.19. The standard InChI is InChI=1S/C12H19N3O3S/c16-7-9-1-3-15-12(6-9)13-11(14-15)5-10-2-4-19(17,18)8-10/h9-10,16H,1-8H2. The Kier molecular flexibility index (Phi) is 3.34. The van der Waals surface area contributed by atoms with Crippen molar-refractivity contribution in [2.24, 2.45) is 11.8 Å². The lowest BCUT2D eigenvalue weighted by molar-refractivity contribution is 0.196. The van der Waals surface area contributed by atoms with Gasteiger partial charge in [-0.25, -0.2) is 18.1 Å². The number of nitrogens with zero attached hydrogens (tertiary/aromatic N) is 3. The van der Waals surface area contributed by atoms with E-state index in [1.807, 2.05) is 4.68 Å². The molecule has 0 radical (unpaired) electrons. The van der Waals surface area contributed by atoms with Gasteiger partial charge >= 0.3 is 0 Å². The monoisotopic (exact) mass is 285 g/mol. The molecule has 1 saturated heterocycles. The van der Waals surface area contributed by atoms with E-state index in [2.05, 4.69) is 10.1 Å². The van der Waals surface area contributed by atoms with E-state index in [0.29, 0.717) is 12.2 Å². The summed E-state index contributed by atoms with van der Waals surface area (Å²) in [5.74, 6) is 2.73. The number of fused-ring (bicyclic) bond motifs is 1. The van der Waals surface area contributed by atoms with Gasteiger partial charge in [-0.1, -0.05) is 0 Å². The van der Waals surface area contributed by atoms with Crippen molar-refractivity contribution in [3.05, 3.63) is 11.6 Å². The van der Waals surface area contributed by atoms with Crippen LogP contribution in [0.2, 0.25) is 0 Å². The second-order valence-electron chi connectivity index (χ2n) is 5.68. The summed E-state index contributed by atoms with van der Waals surface area (Å²) in [5, 5.41) is 13.6. The van der Waals surface area contributed by atoms with Crippen LogP contribution < -0.4 is 0 Å². The molecular formula is C12H19N3O3S. The van der Waals surface area contributed by atoms with Crippen LogP contribution in [0.1, 0.15) is 24.5 Å². The molecule has 0 saturated carbocycles. The molecule has 6 nitrogen and oxygen atoms in total. The zero-order valence-corrected chi connectivity index (χ0v) is 11.6. The van der Waals surface area contributed by atoms with E-state index >= 15 is 0 Å². The van der Waals surface area contributed by atoms with Gasteiger partial charge < -0.3 is 5.11 Å². The summed E-state index contributed by atoms with van der Waals surface area (Å²) < 4.78 is 24.8. The highest BCUT2D eigenvalue weighted by molar-refractivity contribution is 7.91. The fraction of sp³-hybridized carbons (Fsp3) is 0.833. The molecule has 1 fully saturated rings. The van der Waals surface area contributed by atoms with Crippen LogP contribution in [0.25, 0.3) is 0 Å². The second kappa shape index (κ2) is 4.86. The average molecular weight is 285 g/mol. The summed E-state index contributed by atoms with van der Waals surface area (Å²) >= 11 is 0. The number of aliphatic hydroxyl groups excluding tert-OH is 1. The normalized spacial score (nSPS) is 29.3. The van der Waals surface area contributed by atoms with Crippen molar-refractivity contribution in [1.29, 1.82) is 0 Å². The van der Waals surface area contributed by atoms with E-state index in [4.69, 9.17) is 0 Å². The van der Waals surface area contributed by atoms with Crippen LogP contribution in [-0.2, 0) is 29.2 Å². The summed E-state index contributed by atoms with van der Waals surface area (Å²) in [7, 11) is -2.83. The Morgan fingerprint density at radius 1 is 1.32 bits per heavy atom. The van der Waals surface area contributed by atoms with Crippen molar-refractivity contribution in [3.8, 4) is 0 Å². The number of hydrogen-bond donors (Lipinski definition) is 1. The third-order valence-electron chi connectivity index (χ3n) is 4.07. The molecule has 19 heavy (non-hydrogen) atoms. The van der Waals surface area contributed by atoms with E-state index in [9.17, 15) is 13.5 Å². The van der Waals surface area contributed by atoms with Crippen molar-refractivity contribution < 1.29 is 13.5 Å². The molecule has 1 aromatic heterocycles. The summed E-state index contributed by atoms with van der Waals surface area (Å²) in [6.07, 6.45) is 3.09. The molecule has 0 aliphatic carbocycles. The number of sulfone groups is 1. The predicted molar refractivity (Wildman–Crippen MR) is 69.4 cm³/mol. The first-order valence-electron chi connectivity index (χ1n) is 6.79. The predicted octanol–water partition coefficient (Wildman–Crippen LogP) is -0.190. The van der Waals surface area contributed by atoms with Gasteiger partial charge in [0.1, 0.15) is 5.82 Å². The summed E-state index contributed by atoms with van der Waals surface area (Å²) in [6, 6.07) is 0. The highest BCUT2D eigenvalue weighted by atomic mass is 32.2. The van der Waals surface area contributed by atoms with Gasteiger partial charge in [0, 0.05) is 26.0 Å². The van der Waals surface area contributed by atoms with Gasteiger partial charge in [0.05, 0.1) is 11.5 Å². The molecule has 0 bridgehead atoms. The molecule has 2 atom stereocenters. The average Bonchev–Trinajstić information content (AvgIpc) is 2.91. The van der Waals surface area contributed by atoms with Gasteiger partial charge in [0.15, 0.2) is 15.7 Å². The zero-order chi connectivity index (χ0) is 13.5. The number of aryl methyl sites for hydroxylation is 1. The third-order valence-corrected chi connectivity index (χ3v) is 5.91. The molecule has 1 N–H and O–H groups in total. The molecule has 1 aromatic rings. The Hall–Kier alpha value is -0.950. The number of aromatic nitrogens is 3. The molecule has 2 aliphatic heterocycles. The van der Waals surface area contributed by atoms with Crippen molar-refractivity contribution in [3.63, 3.8) is 0 Å². The number of hydrogen-bond acceptors (Lipinski definition) is 5. The van der Waals surface area contributed by atoms with Crippen LogP contribution >= 0.6 is 0 Å². The molecule has 0 spiro atoms. The van der Waals surface area contributed by atoms with Crippen LogP contribution in [0.3, 0.4) is 0 Å². The maximum atomic E-state index is 11.4. The maximum Gasteiger partial charge on any atom is 0.151 e. The van der Waals surface area contributed by atoms with E-state index in [1.54, 1.807) is 0 Å². The fourth-order valence-corrected chi connectivity index (χ4v) is 4.82. The largest absolute Gasteiger partial charge is 0.396 e. The zero-order valence-electron chi connectivity index (χ0n) is 10.8. The first-order valence-corrected chi connectivity index (χ1v) is 8.62. The molecule has 0 aromatic carbocycles. The van der Waals surface area contributed by atoms with Gasteiger partial charge in [-0.3, -0.25) is 0 Å². The molecule has 106 valence electrons. The van der Waals surface area contributed by atoms with E-state index in [-0.39, 0.29) is 24.2 Å². The Labute approximate surface area is 112 Å².